The predicted molar refractivity (Wildman–Crippen MR) is 114 cm³/mol. The van der Waals surface area contributed by atoms with Crippen LogP contribution < -0.4 is 10.1 Å². The molecule has 0 fully saturated rings. The number of carbonyl (C=O) groups excluding carboxylic acids is 2. The minimum atomic E-state index is -0.924. The van der Waals surface area contributed by atoms with E-state index in [4.69, 9.17) is 20.8 Å². The maximum Gasteiger partial charge on any atom is 0.350 e. The third-order valence-corrected chi connectivity index (χ3v) is 4.38. The van der Waals surface area contributed by atoms with Crippen LogP contribution in [0.3, 0.4) is 0 Å². The Morgan fingerprint density at radius 3 is 2.59 bits per heavy atom. The van der Waals surface area contributed by atoms with Crippen molar-refractivity contribution in [2.45, 2.75) is 6.54 Å². The fourth-order valence-electron chi connectivity index (χ4n) is 2.61. The number of furan rings is 1. The van der Waals surface area contributed by atoms with Crippen molar-refractivity contribution in [1.82, 2.24) is 5.32 Å². The first kappa shape index (κ1) is 22.3. The summed E-state index contributed by atoms with van der Waals surface area (Å²) in [7, 11) is 0. The molecule has 0 saturated heterocycles. The molecular weight excluding hydrogens is 438 g/mol. The van der Waals surface area contributed by atoms with E-state index in [2.05, 4.69) is 5.32 Å². The van der Waals surface area contributed by atoms with Gasteiger partial charge in [0.1, 0.15) is 28.7 Å². The van der Waals surface area contributed by atoms with Gasteiger partial charge in [-0.15, -0.1) is 0 Å². The first-order valence-electron chi connectivity index (χ1n) is 9.06. The van der Waals surface area contributed by atoms with E-state index in [1.165, 1.54) is 48.7 Å². The van der Waals surface area contributed by atoms with Gasteiger partial charge in [0.05, 0.1) is 17.7 Å². The van der Waals surface area contributed by atoms with Crippen LogP contribution in [0, 0.1) is 21.4 Å². The second-order valence-electron chi connectivity index (χ2n) is 6.31. The van der Waals surface area contributed by atoms with Gasteiger partial charge >= 0.3 is 5.97 Å². The number of halogens is 1. The molecular formula is C22H14ClN3O6. The van der Waals surface area contributed by atoms with Crippen LogP contribution >= 0.6 is 11.6 Å². The molecule has 0 aliphatic heterocycles. The smallest absolute Gasteiger partial charge is 0.350 e. The summed E-state index contributed by atoms with van der Waals surface area (Å²) in [5.41, 5.74) is -0.338. The molecule has 1 N–H and O–H groups in total. The molecule has 0 unspecified atom stereocenters. The van der Waals surface area contributed by atoms with Gasteiger partial charge in [-0.3, -0.25) is 14.9 Å². The van der Waals surface area contributed by atoms with Gasteiger partial charge in [0, 0.05) is 11.1 Å². The number of ether oxygens (including phenoxy) is 1. The minimum absolute atomic E-state index is 0.117. The summed E-state index contributed by atoms with van der Waals surface area (Å²) in [5, 5.41) is 23.1. The molecule has 0 atom stereocenters. The number of amides is 1. The Kier molecular flexibility index (Phi) is 7.00. The predicted octanol–water partition coefficient (Wildman–Crippen LogP) is 4.28. The maximum atomic E-state index is 12.3. The first-order valence-corrected chi connectivity index (χ1v) is 9.43. The molecule has 0 aliphatic rings. The Balaban J connectivity index is 1.69. The summed E-state index contributed by atoms with van der Waals surface area (Å²) < 4.78 is 10.3. The number of benzene rings is 2. The van der Waals surface area contributed by atoms with E-state index < -0.39 is 22.5 Å². The van der Waals surface area contributed by atoms with Crippen LogP contribution in [0.25, 0.3) is 6.08 Å². The Bertz CT molecular complexity index is 1230. The molecule has 2 aromatic carbocycles. The lowest BCUT2D eigenvalue weighted by molar-refractivity contribution is -0.385. The van der Waals surface area contributed by atoms with Crippen molar-refractivity contribution < 1.29 is 23.7 Å². The zero-order valence-electron chi connectivity index (χ0n) is 16.3. The fourth-order valence-corrected chi connectivity index (χ4v) is 2.78. The number of esters is 1. The first-order chi connectivity index (χ1) is 15.4. The van der Waals surface area contributed by atoms with Gasteiger partial charge in [-0.1, -0.05) is 23.7 Å². The third-order valence-electron chi connectivity index (χ3n) is 4.15. The Hall–Kier alpha value is -4.42. The van der Waals surface area contributed by atoms with Crippen molar-refractivity contribution in [2.75, 3.05) is 0 Å². The molecule has 0 bridgehead atoms. The van der Waals surface area contributed by atoms with Crippen molar-refractivity contribution in [3.8, 4) is 11.8 Å². The highest BCUT2D eigenvalue weighted by Crippen LogP contribution is 2.25. The summed E-state index contributed by atoms with van der Waals surface area (Å²) in [5.74, 6) is -0.832. The molecule has 32 heavy (non-hydrogen) atoms. The molecule has 1 heterocycles. The van der Waals surface area contributed by atoms with Gasteiger partial charge in [-0.2, -0.15) is 5.26 Å². The van der Waals surface area contributed by atoms with Crippen LogP contribution in [-0.2, 0) is 11.3 Å². The van der Waals surface area contributed by atoms with Gasteiger partial charge in [0.15, 0.2) is 0 Å². The van der Waals surface area contributed by atoms with Gasteiger partial charge in [-0.05, 0) is 48.0 Å². The number of rotatable bonds is 7. The fraction of sp³-hybridized carbons (Fsp3) is 0.0455. The van der Waals surface area contributed by atoms with Gasteiger partial charge in [0.2, 0.25) is 0 Å². The molecule has 1 aromatic heterocycles. The number of nitro groups is 1. The van der Waals surface area contributed by atoms with Crippen LogP contribution in [-0.4, -0.2) is 16.8 Å². The SMILES string of the molecule is N#C/C(=C\c1ccc(OC(=O)c2ccc(Cl)cc2[N+](=O)[O-])cc1)C(=O)NCc1ccco1. The van der Waals surface area contributed by atoms with Crippen LogP contribution in [0.1, 0.15) is 21.7 Å². The lowest BCUT2D eigenvalue weighted by atomic mass is 10.1. The number of carbonyl (C=O) groups is 2. The second kappa shape index (κ2) is 10.1. The minimum Gasteiger partial charge on any atom is -0.467 e. The average Bonchev–Trinajstić information content (AvgIpc) is 3.30. The molecule has 0 aliphatic carbocycles. The summed E-state index contributed by atoms with van der Waals surface area (Å²) in [4.78, 5) is 34.9. The molecule has 9 nitrogen and oxygen atoms in total. The number of nitrogens with zero attached hydrogens (tertiary/aromatic N) is 2. The lowest BCUT2D eigenvalue weighted by Gasteiger charge is -2.06. The highest BCUT2D eigenvalue weighted by Gasteiger charge is 2.22. The van der Waals surface area contributed by atoms with Crippen molar-refractivity contribution in [3.63, 3.8) is 0 Å². The summed E-state index contributed by atoms with van der Waals surface area (Å²) in [6, 6.07) is 14.7. The number of nitro benzene ring substituents is 1. The number of hydrogen-bond donors (Lipinski definition) is 1. The zero-order chi connectivity index (χ0) is 23.1. The van der Waals surface area contributed by atoms with Crippen LogP contribution in [0.15, 0.2) is 70.9 Å². The van der Waals surface area contributed by atoms with Crippen molar-refractivity contribution in [1.29, 1.82) is 5.26 Å². The Morgan fingerprint density at radius 1 is 1.22 bits per heavy atom. The quantitative estimate of drug-likeness (QED) is 0.141. The zero-order valence-corrected chi connectivity index (χ0v) is 17.0. The highest BCUT2D eigenvalue weighted by molar-refractivity contribution is 6.31. The van der Waals surface area contributed by atoms with E-state index >= 15 is 0 Å². The van der Waals surface area contributed by atoms with E-state index in [1.54, 1.807) is 12.1 Å². The Morgan fingerprint density at radius 2 is 1.97 bits per heavy atom. The van der Waals surface area contributed by atoms with Crippen LogP contribution in [0.4, 0.5) is 5.69 Å². The molecule has 160 valence electrons. The molecule has 1 amide bonds. The van der Waals surface area contributed by atoms with Crippen LogP contribution in [0.5, 0.6) is 5.75 Å². The number of nitriles is 1. The summed E-state index contributed by atoms with van der Waals surface area (Å²) in [6.07, 6.45) is 2.84. The second-order valence-corrected chi connectivity index (χ2v) is 6.75. The van der Waals surface area contributed by atoms with Crippen molar-refractivity contribution in [3.05, 3.63) is 98.5 Å². The van der Waals surface area contributed by atoms with E-state index in [0.29, 0.717) is 11.3 Å². The lowest BCUT2D eigenvalue weighted by Crippen LogP contribution is -2.23. The monoisotopic (exact) mass is 451 g/mol. The molecule has 0 saturated carbocycles. The van der Waals surface area contributed by atoms with E-state index in [-0.39, 0.29) is 28.5 Å². The normalized spacial score (nSPS) is 10.8. The standard InChI is InChI=1S/C22H14ClN3O6/c23-16-5-8-19(20(11-16)26(29)30)22(28)32-17-6-3-14(4-7-17)10-15(12-24)21(27)25-13-18-2-1-9-31-18/h1-11H,13H2,(H,25,27)/b15-10+. The largest absolute Gasteiger partial charge is 0.467 e. The summed E-state index contributed by atoms with van der Waals surface area (Å²) >= 11 is 5.75. The van der Waals surface area contributed by atoms with Gasteiger partial charge in [0.25, 0.3) is 11.6 Å². The number of nitrogens with one attached hydrogen (secondary N) is 1. The average molecular weight is 452 g/mol. The van der Waals surface area contributed by atoms with Crippen LogP contribution in [0.2, 0.25) is 5.02 Å². The van der Waals surface area contributed by atoms with Crippen molar-refractivity contribution in [2.24, 2.45) is 0 Å². The van der Waals surface area contributed by atoms with Gasteiger partial charge < -0.3 is 14.5 Å². The topological polar surface area (TPSA) is 135 Å². The highest BCUT2D eigenvalue weighted by atomic mass is 35.5. The van der Waals surface area contributed by atoms with E-state index in [1.807, 2.05) is 6.07 Å². The van der Waals surface area contributed by atoms with Crippen molar-refractivity contribution >= 4 is 35.2 Å². The molecule has 3 aromatic rings. The van der Waals surface area contributed by atoms with Gasteiger partial charge in [-0.25, -0.2) is 4.79 Å². The maximum absolute atomic E-state index is 12.3. The molecule has 0 spiro atoms. The summed E-state index contributed by atoms with van der Waals surface area (Å²) in [6.45, 7) is 0.135. The number of hydrogen-bond acceptors (Lipinski definition) is 7. The van der Waals surface area contributed by atoms with E-state index in [9.17, 15) is 25.0 Å². The molecule has 10 heteroatoms. The molecule has 0 radical (unpaired) electrons. The Labute approximate surface area is 186 Å². The molecule has 3 rings (SSSR count). The van der Waals surface area contributed by atoms with E-state index in [0.717, 1.165) is 6.07 Å². The third kappa shape index (κ3) is 5.59.